The Morgan fingerprint density at radius 2 is 2.12 bits per heavy atom. The predicted molar refractivity (Wildman–Crippen MR) is 54.8 cm³/mol. The van der Waals surface area contributed by atoms with E-state index in [1.165, 1.54) is 6.07 Å². The second-order valence-electron chi connectivity index (χ2n) is 3.34. The molecule has 0 radical (unpaired) electrons. The molecule has 0 heterocycles. The van der Waals surface area contributed by atoms with Crippen LogP contribution in [0.3, 0.4) is 0 Å². The van der Waals surface area contributed by atoms with Crippen molar-refractivity contribution in [2.75, 3.05) is 13.2 Å². The average molecular weight is 229 g/mol. The third-order valence-electron chi connectivity index (χ3n) is 2.02. The van der Waals surface area contributed by atoms with Crippen LogP contribution in [-0.2, 0) is 11.2 Å². The molecule has 1 aromatic rings. The van der Waals surface area contributed by atoms with Crippen molar-refractivity contribution < 1.29 is 18.7 Å². The number of amides is 1. The molecule has 88 valence electrons. The summed E-state index contributed by atoms with van der Waals surface area (Å²) in [4.78, 5) is 11.3. The summed E-state index contributed by atoms with van der Waals surface area (Å²) in [6, 6.07) is 3.10. The fourth-order valence-corrected chi connectivity index (χ4v) is 1.21. The van der Waals surface area contributed by atoms with E-state index < -0.39 is 11.6 Å². The third kappa shape index (κ3) is 3.94. The van der Waals surface area contributed by atoms with Gasteiger partial charge in [-0.2, -0.15) is 0 Å². The van der Waals surface area contributed by atoms with Crippen LogP contribution in [0, 0.1) is 11.6 Å². The number of carbonyl (C=O) groups excluding carboxylic acids is 1. The molecule has 3 nitrogen and oxygen atoms in total. The summed E-state index contributed by atoms with van der Waals surface area (Å²) >= 11 is 0. The van der Waals surface area contributed by atoms with Crippen LogP contribution >= 0.6 is 0 Å². The van der Waals surface area contributed by atoms with Gasteiger partial charge < -0.3 is 10.4 Å². The number of benzene rings is 1. The van der Waals surface area contributed by atoms with Crippen molar-refractivity contribution in [2.45, 2.75) is 12.8 Å². The standard InChI is InChI=1S/C11H13F2NO2/c12-9-3-2-8(10(13)7-9)6-11(16)14-4-1-5-15/h2-3,7,15H,1,4-6H2,(H,14,16). The van der Waals surface area contributed by atoms with Crippen LogP contribution in [0.1, 0.15) is 12.0 Å². The van der Waals surface area contributed by atoms with E-state index in [2.05, 4.69) is 5.32 Å². The van der Waals surface area contributed by atoms with Crippen molar-refractivity contribution in [2.24, 2.45) is 0 Å². The Hall–Kier alpha value is -1.49. The predicted octanol–water partition coefficient (Wildman–Crippen LogP) is 1.01. The lowest BCUT2D eigenvalue weighted by atomic mass is 10.1. The number of carbonyl (C=O) groups is 1. The Kier molecular flexibility index (Phi) is 4.85. The molecule has 0 saturated heterocycles. The van der Waals surface area contributed by atoms with Gasteiger partial charge >= 0.3 is 0 Å². The SMILES string of the molecule is O=C(Cc1ccc(F)cc1F)NCCCO. The molecule has 0 saturated carbocycles. The minimum Gasteiger partial charge on any atom is -0.396 e. The second-order valence-corrected chi connectivity index (χ2v) is 3.34. The molecule has 0 aliphatic heterocycles. The molecule has 0 fully saturated rings. The monoisotopic (exact) mass is 229 g/mol. The molecule has 1 rings (SSSR count). The number of nitrogens with one attached hydrogen (secondary N) is 1. The normalized spacial score (nSPS) is 10.2. The van der Waals surface area contributed by atoms with Crippen LogP contribution in [0.15, 0.2) is 18.2 Å². The smallest absolute Gasteiger partial charge is 0.224 e. The molecule has 0 aromatic heterocycles. The van der Waals surface area contributed by atoms with E-state index in [1.807, 2.05) is 0 Å². The summed E-state index contributed by atoms with van der Waals surface area (Å²) in [5.74, 6) is -1.74. The fraction of sp³-hybridized carbons (Fsp3) is 0.364. The highest BCUT2D eigenvalue weighted by Gasteiger charge is 2.08. The van der Waals surface area contributed by atoms with E-state index in [-0.39, 0.29) is 24.5 Å². The van der Waals surface area contributed by atoms with Crippen molar-refractivity contribution in [3.8, 4) is 0 Å². The quantitative estimate of drug-likeness (QED) is 0.740. The first-order valence-electron chi connectivity index (χ1n) is 4.95. The van der Waals surface area contributed by atoms with Crippen LogP contribution in [0.25, 0.3) is 0 Å². The lowest BCUT2D eigenvalue weighted by Crippen LogP contribution is -2.26. The van der Waals surface area contributed by atoms with Gasteiger partial charge in [0.05, 0.1) is 6.42 Å². The molecule has 16 heavy (non-hydrogen) atoms. The zero-order valence-corrected chi connectivity index (χ0v) is 8.67. The maximum absolute atomic E-state index is 13.1. The molecular formula is C11H13F2NO2. The van der Waals surface area contributed by atoms with Crippen molar-refractivity contribution in [1.29, 1.82) is 0 Å². The van der Waals surface area contributed by atoms with Crippen LogP contribution < -0.4 is 5.32 Å². The minimum atomic E-state index is -0.725. The number of aliphatic hydroxyl groups excluding tert-OH is 1. The summed E-state index contributed by atoms with van der Waals surface area (Å²) in [6.07, 6.45) is 0.329. The van der Waals surface area contributed by atoms with E-state index in [0.29, 0.717) is 13.0 Å². The average Bonchev–Trinajstić information content (AvgIpc) is 2.23. The largest absolute Gasteiger partial charge is 0.396 e. The number of aliphatic hydroxyl groups is 1. The van der Waals surface area contributed by atoms with Gasteiger partial charge in [-0.15, -0.1) is 0 Å². The summed E-state index contributed by atoms with van der Waals surface area (Å²) in [7, 11) is 0. The number of rotatable bonds is 5. The molecule has 0 aliphatic carbocycles. The Labute approximate surface area is 92.1 Å². The molecule has 2 N–H and O–H groups in total. The lowest BCUT2D eigenvalue weighted by Gasteiger charge is -2.05. The summed E-state index contributed by atoms with van der Waals surface area (Å²) < 4.78 is 25.7. The zero-order chi connectivity index (χ0) is 12.0. The second kappa shape index (κ2) is 6.17. The number of hydrogen-bond acceptors (Lipinski definition) is 2. The molecule has 0 spiro atoms. The van der Waals surface area contributed by atoms with Gasteiger partial charge in [-0.3, -0.25) is 4.79 Å². The van der Waals surface area contributed by atoms with Crippen molar-refractivity contribution in [1.82, 2.24) is 5.32 Å². The Bertz CT molecular complexity index is 369. The third-order valence-corrected chi connectivity index (χ3v) is 2.02. The molecule has 0 bridgehead atoms. The van der Waals surface area contributed by atoms with Crippen LogP contribution in [0.2, 0.25) is 0 Å². The van der Waals surface area contributed by atoms with E-state index >= 15 is 0 Å². The Morgan fingerprint density at radius 3 is 2.75 bits per heavy atom. The van der Waals surface area contributed by atoms with Gasteiger partial charge in [-0.05, 0) is 18.1 Å². The maximum Gasteiger partial charge on any atom is 0.224 e. The minimum absolute atomic E-state index is 0.00874. The highest BCUT2D eigenvalue weighted by molar-refractivity contribution is 5.78. The van der Waals surface area contributed by atoms with E-state index in [0.717, 1.165) is 12.1 Å². The first kappa shape index (κ1) is 12.6. The highest BCUT2D eigenvalue weighted by atomic mass is 19.1. The summed E-state index contributed by atoms with van der Waals surface area (Å²) in [6.45, 7) is 0.337. The highest BCUT2D eigenvalue weighted by Crippen LogP contribution is 2.09. The summed E-state index contributed by atoms with van der Waals surface area (Å²) in [5, 5.41) is 11.0. The van der Waals surface area contributed by atoms with Crippen LogP contribution in [0.4, 0.5) is 8.78 Å². The molecule has 0 aliphatic rings. The van der Waals surface area contributed by atoms with E-state index in [4.69, 9.17) is 5.11 Å². The molecular weight excluding hydrogens is 216 g/mol. The van der Waals surface area contributed by atoms with Crippen molar-refractivity contribution in [3.63, 3.8) is 0 Å². The van der Waals surface area contributed by atoms with E-state index in [9.17, 15) is 13.6 Å². The molecule has 5 heteroatoms. The first-order valence-corrected chi connectivity index (χ1v) is 4.95. The number of hydrogen-bond donors (Lipinski definition) is 2. The van der Waals surface area contributed by atoms with Gasteiger partial charge in [0.2, 0.25) is 5.91 Å². The van der Waals surface area contributed by atoms with Gasteiger partial charge in [0.1, 0.15) is 11.6 Å². The van der Waals surface area contributed by atoms with Crippen LogP contribution in [-0.4, -0.2) is 24.2 Å². The van der Waals surface area contributed by atoms with Crippen molar-refractivity contribution >= 4 is 5.91 Å². The first-order chi connectivity index (χ1) is 7.63. The van der Waals surface area contributed by atoms with Gasteiger partial charge in [0.15, 0.2) is 0 Å². The maximum atomic E-state index is 13.1. The van der Waals surface area contributed by atoms with Gasteiger partial charge in [-0.1, -0.05) is 6.07 Å². The number of halogens is 2. The van der Waals surface area contributed by atoms with Crippen LogP contribution in [0.5, 0.6) is 0 Å². The van der Waals surface area contributed by atoms with E-state index in [1.54, 1.807) is 0 Å². The molecule has 1 aromatic carbocycles. The zero-order valence-electron chi connectivity index (χ0n) is 8.67. The lowest BCUT2D eigenvalue weighted by molar-refractivity contribution is -0.120. The molecule has 0 unspecified atom stereocenters. The molecule has 0 atom stereocenters. The fourth-order valence-electron chi connectivity index (χ4n) is 1.21. The Morgan fingerprint density at radius 1 is 1.38 bits per heavy atom. The molecule has 1 amide bonds. The Balaban J connectivity index is 2.49. The van der Waals surface area contributed by atoms with Gasteiger partial charge in [-0.25, -0.2) is 8.78 Å². The van der Waals surface area contributed by atoms with Gasteiger partial charge in [0, 0.05) is 19.2 Å². The summed E-state index contributed by atoms with van der Waals surface area (Å²) in [5.41, 5.74) is 0.155. The topological polar surface area (TPSA) is 49.3 Å². The van der Waals surface area contributed by atoms with Gasteiger partial charge in [0.25, 0.3) is 0 Å². The van der Waals surface area contributed by atoms with Crippen molar-refractivity contribution in [3.05, 3.63) is 35.4 Å².